The van der Waals surface area contributed by atoms with Crippen molar-refractivity contribution in [3.05, 3.63) is 58.6 Å². The summed E-state index contributed by atoms with van der Waals surface area (Å²) in [5.74, 6) is 0.357. The summed E-state index contributed by atoms with van der Waals surface area (Å²) in [5.41, 5.74) is 0.798. The zero-order valence-corrected chi connectivity index (χ0v) is 17.8. The Kier molecular flexibility index (Phi) is 5.90. The van der Waals surface area contributed by atoms with E-state index in [2.05, 4.69) is 15.5 Å². The number of halogens is 1. The predicted molar refractivity (Wildman–Crippen MR) is 117 cm³/mol. The second-order valence-electron chi connectivity index (χ2n) is 6.81. The molecular formula is C21H20FN5O3S. The molecule has 160 valence electrons. The maximum atomic E-state index is 13.8. The van der Waals surface area contributed by atoms with Crippen LogP contribution in [0.5, 0.6) is 5.75 Å². The number of aromatic nitrogens is 4. The minimum absolute atomic E-state index is 0.0770. The highest BCUT2D eigenvalue weighted by molar-refractivity contribution is 7.99. The lowest BCUT2D eigenvalue weighted by Gasteiger charge is -2.10. The van der Waals surface area contributed by atoms with E-state index in [1.807, 2.05) is 6.92 Å². The van der Waals surface area contributed by atoms with Crippen molar-refractivity contribution in [3.8, 4) is 5.75 Å². The molecule has 8 nitrogen and oxygen atoms in total. The van der Waals surface area contributed by atoms with Crippen LogP contribution in [-0.2, 0) is 11.3 Å². The van der Waals surface area contributed by atoms with Gasteiger partial charge in [-0.15, -0.1) is 10.2 Å². The van der Waals surface area contributed by atoms with Crippen LogP contribution in [0.3, 0.4) is 0 Å². The molecule has 1 amide bonds. The second kappa shape index (κ2) is 8.76. The highest BCUT2D eigenvalue weighted by atomic mass is 32.2. The van der Waals surface area contributed by atoms with E-state index in [0.29, 0.717) is 40.9 Å². The van der Waals surface area contributed by atoms with Crippen molar-refractivity contribution in [1.82, 2.24) is 19.2 Å². The first kappa shape index (κ1) is 20.9. The van der Waals surface area contributed by atoms with Crippen molar-refractivity contribution < 1.29 is 13.9 Å². The molecule has 0 aliphatic rings. The fourth-order valence-electron chi connectivity index (χ4n) is 3.31. The number of carbonyl (C=O) groups excluding carboxylic acids is 1. The first-order valence-corrected chi connectivity index (χ1v) is 10.6. The Morgan fingerprint density at radius 1 is 1.23 bits per heavy atom. The molecule has 10 heteroatoms. The number of hydrogen-bond acceptors (Lipinski definition) is 6. The van der Waals surface area contributed by atoms with Crippen molar-refractivity contribution in [1.29, 1.82) is 0 Å². The highest BCUT2D eigenvalue weighted by Crippen LogP contribution is 2.23. The Hall–Kier alpha value is -3.40. The average molecular weight is 441 g/mol. The van der Waals surface area contributed by atoms with E-state index >= 15 is 0 Å². The van der Waals surface area contributed by atoms with Gasteiger partial charge < -0.3 is 10.1 Å². The van der Waals surface area contributed by atoms with E-state index in [1.165, 1.54) is 34.5 Å². The predicted octanol–water partition coefficient (Wildman–Crippen LogP) is 3.33. The standard InChI is InChI=1S/C21H20FN5O3S/c1-3-9-26-19(29)16-10-13(22)7-8-17(16)27-20(26)24-25-21(27)31-12-18(28)23-14-5-4-6-15(11-14)30-2/h4-8,10-11H,3,9,12H2,1-2H3,(H,23,28). The number of anilines is 1. The molecule has 0 unspecified atom stereocenters. The van der Waals surface area contributed by atoms with Crippen LogP contribution in [0.1, 0.15) is 13.3 Å². The molecule has 0 saturated heterocycles. The normalized spacial score (nSPS) is 11.2. The largest absolute Gasteiger partial charge is 0.497 e. The van der Waals surface area contributed by atoms with Crippen molar-refractivity contribution in [2.75, 3.05) is 18.2 Å². The number of thioether (sulfide) groups is 1. The van der Waals surface area contributed by atoms with Gasteiger partial charge in [-0.3, -0.25) is 18.6 Å². The van der Waals surface area contributed by atoms with Gasteiger partial charge in [0.15, 0.2) is 5.16 Å². The highest BCUT2D eigenvalue weighted by Gasteiger charge is 2.18. The first-order chi connectivity index (χ1) is 15.0. The number of aryl methyl sites for hydroxylation is 1. The molecule has 0 atom stereocenters. The number of benzene rings is 2. The van der Waals surface area contributed by atoms with E-state index in [1.54, 1.807) is 35.8 Å². The molecule has 0 fully saturated rings. The van der Waals surface area contributed by atoms with Crippen LogP contribution < -0.4 is 15.6 Å². The number of nitrogens with zero attached hydrogens (tertiary/aromatic N) is 4. The lowest BCUT2D eigenvalue weighted by Crippen LogP contribution is -2.23. The van der Waals surface area contributed by atoms with Gasteiger partial charge in [0.05, 0.1) is 23.8 Å². The Balaban J connectivity index is 1.66. The van der Waals surface area contributed by atoms with Crippen LogP contribution in [-0.4, -0.2) is 37.9 Å². The molecular weight excluding hydrogens is 421 g/mol. The number of nitrogens with one attached hydrogen (secondary N) is 1. The minimum Gasteiger partial charge on any atom is -0.497 e. The van der Waals surface area contributed by atoms with Gasteiger partial charge >= 0.3 is 0 Å². The zero-order valence-electron chi connectivity index (χ0n) is 17.0. The van der Waals surface area contributed by atoms with Crippen molar-refractivity contribution in [3.63, 3.8) is 0 Å². The number of fused-ring (bicyclic) bond motifs is 3. The van der Waals surface area contributed by atoms with Gasteiger partial charge in [-0.25, -0.2) is 4.39 Å². The smallest absolute Gasteiger partial charge is 0.262 e. The average Bonchev–Trinajstić information content (AvgIpc) is 3.19. The lowest BCUT2D eigenvalue weighted by molar-refractivity contribution is -0.113. The Bertz CT molecular complexity index is 1330. The molecule has 0 aliphatic heterocycles. The van der Waals surface area contributed by atoms with Crippen LogP contribution in [0.25, 0.3) is 16.7 Å². The Labute approximate surface area is 181 Å². The zero-order chi connectivity index (χ0) is 22.0. The van der Waals surface area contributed by atoms with Gasteiger partial charge in [0, 0.05) is 18.3 Å². The second-order valence-corrected chi connectivity index (χ2v) is 7.75. The van der Waals surface area contributed by atoms with Gasteiger partial charge in [-0.1, -0.05) is 24.8 Å². The van der Waals surface area contributed by atoms with Gasteiger partial charge in [-0.2, -0.15) is 0 Å². The van der Waals surface area contributed by atoms with Crippen molar-refractivity contribution >= 4 is 40.0 Å². The van der Waals surface area contributed by atoms with E-state index in [0.717, 1.165) is 0 Å². The number of rotatable bonds is 7. The van der Waals surface area contributed by atoms with Gasteiger partial charge in [0.25, 0.3) is 5.56 Å². The fraction of sp³-hybridized carbons (Fsp3) is 0.238. The number of hydrogen-bond donors (Lipinski definition) is 1. The summed E-state index contributed by atoms with van der Waals surface area (Å²) in [6, 6.07) is 11.1. The first-order valence-electron chi connectivity index (χ1n) is 9.65. The molecule has 0 saturated carbocycles. The third kappa shape index (κ3) is 4.11. The number of amides is 1. The summed E-state index contributed by atoms with van der Waals surface area (Å²) in [6.07, 6.45) is 0.703. The van der Waals surface area contributed by atoms with Crippen LogP contribution in [0, 0.1) is 5.82 Å². The molecule has 0 radical (unpaired) electrons. The lowest BCUT2D eigenvalue weighted by atomic mass is 10.2. The molecule has 4 aromatic rings. The Morgan fingerprint density at radius 3 is 2.84 bits per heavy atom. The molecule has 31 heavy (non-hydrogen) atoms. The molecule has 2 aromatic heterocycles. The van der Waals surface area contributed by atoms with E-state index < -0.39 is 5.82 Å². The van der Waals surface area contributed by atoms with Crippen molar-refractivity contribution in [2.24, 2.45) is 0 Å². The number of carbonyl (C=O) groups is 1. The minimum atomic E-state index is -0.494. The summed E-state index contributed by atoms with van der Waals surface area (Å²) < 4.78 is 22.2. The molecule has 1 N–H and O–H groups in total. The topological polar surface area (TPSA) is 90.5 Å². The van der Waals surface area contributed by atoms with E-state index in [9.17, 15) is 14.0 Å². The summed E-state index contributed by atoms with van der Waals surface area (Å²) >= 11 is 1.18. The summed E-state index contributed by atoms with van der Waals surface area (Å²) in [4.78, 5) is 25.3. The van der Waals surface area contributed by atoms with Crippen LogP contribution in [0.15, 0.2) is 52.4 Å². The summed E-state index contributed by atoms with van der Waals surface area (Å²) in [5, 5.41) is 11.8. The quantitative estimate of drug-likeness (QED) is 0.443. The van der Waals surface area contributed by atoms with E-state index in [4.69, 9.17) is 4.74 Å². The van der Waals surface area contributed by atoms with E-state index in [-0.39, 0.29) is 22.6 Å². The molecule has 2 aromatic carbocycles. The van der Waals surface area contributed by atoms with Gasteiger partial charge in [-0.05, 0) is 36.8 Å². The van der Waals surface area contributed by atoms with Crippen LogP contribution in [0.4, 0.5) is 10.1 Å². The summed E-state index contributed by atoms with van der Waals surface area (Å²) in [6.45, 7) is 2.36. The van der Waals surface area contributed by atoms with Crippen LogP contribution in [0.2, 0.25) is 0 Å². The maximum absolute atomic E-state index is 13.8. The molecule has 0 aliphatic carbocycles. The monoisotopic (exact) mass is 441 g/mol. The van der Waals surface area contributed by atoms with Crippen molar-refractivity contribution in [2.45, 2.75) is 25.0 Å². The fourth-order valence-corrected chi connectivity index (χ4v) is 4.05. The molecule has 2 heterocycles. The molecule has 4 rings (SSSR count). The number of ether oxygens (including phenoxy) is 1. The molecule has 0 bridgehead atoms. The van der Waals surface area contributed by atoms with Crippen LogP contribution >= 0.6 is 11.8 Å². The third-order valence-electron chi connectivity index (χ3n) is 4.67. The van der Waals surface area contributed by atoms with Gasteiger partial charge in [0.1, 0.15) is 11.6 Å². The summed E-state index contributed by atoms with van der Waals surface area (Å²) in [7, 11) is 1.56. The Morgan fingerprint density at radius 2 is 2.06 bits per heavy atom. The maximum Gasteiger partial charge on any atom is 0.262 e. The third-order valence-corrected chi connectivity index (χ3v) is 5.59. The van der Waals surface area contributed by atoms with Gasteiger partial charge in [0.2, 0.25) is 11.7 Å². The number of methoxy groups -OCH3 is 1. The SMILES string of the molecule is CCCn1c(=O)c2cc(F)ccc2n2c(SCC(=O)Nc3cccc(OC)c3)nnc12. The molecule has 0 spiro atoms.